The summed E-state index contributed by atoms with van der Waals surface area (Å²) in [6.07, 6.45) is 0. The molecule has 0 unspecified atom stereocenters. The van der Waals surface area contributed by atoms with Crippen LogP contribution in [0.25, 0.3) is 22.4 Å². The molecule has 5 nitrogen and oxygen atoms in total. The van der Waals surface area contributed by atoms with Gasteiger partial charge in [0.15, 0.2) is 10.9 Å². The van der Waals surface area contributed by atoms with Crippen molar-refractivity contribution < 1.29 is 13.9 Å². The SMILES string of the molecule is CCOc1ccc2oc(-c3csc(NC(=O)c4ccc(Cl)s4)n3)cc2c1. The van der Waals surface area contributed by atoms with Crippen molar-refractivity contribution in [3.63, 3.8) is 0 Å². The molecule has 0 fully saturated rings. The van der Waals surface area contributed by atoms with E-state index in [1.807, 2.05) is 36.6 Å². The number of halogens is 1. The van der Waals surface area contributed by atoms with Crippen LogP contribution >= 0.6 is 34.3 Å². The van der Waals surface area contributed by atoms with Crippen LogP contribution in [-0.2, 0) is 0 Å². The minimum atomic E-state index is -0.228. The van der Waals surface area contributed by atoms with Crippen LogP contribution in [0.3, 0.4) is 0 Å². The van der Waals surface area contributed by atoms with Crippen molar-refractivity contribution in [2.75, 3.05) is 11.9 Å². The molecular formula is C18H13ClN2O3S2. The van der Waals surface area contributed by atoms with Crippen molar-refractivity contribution >= 4 is 56.3 Å². The molecule has 0 bridgehead atoms. The van der Waals surface area contributed by atoms with E-state index in [2.05, 4.69) is 10.3 Å². The zero-order valence-corrected chi connectivity index (χ0v) is 16.0. The van der Waals surface area contributed by atoms with Crippen molar-refractivity contribution in [1.82, 2.24) is 4.98 Å². The van der Waals surface area contributed by atoms with Crippen molar-refractivity contribution in [2.24, 2.45) is 0 Å². The Hall–Kier alpha value is -2.35. The van der Waals surface area contributed by atoms with Gasteiger partial charge >= 0.3 is 0 Å². The van der Waals surface area contributed by atoms with Crippen LogP contribution < -0.4 is 10.1 Å². The van der Waals surface area contributed by atoms with Crippen LogP contribution in [0.5, 0.6) is 5.75 Å². The summed E-state index contributed by atoms with van der Waals surface area (Å²) < 4.78 is 11.9. The molecular weight excluding hydrogens is 392 g/mol. The zero-order chi connectivity index (χ0) is 18.1. The maximum Gasteiger partial charge on any atom is 0.267 e. The highest BCUT2D eigenvalue weighted by atomic mass is 35.5. The predicted molar refractivity (Wildman–Crippen MR) is 106 cm³/mol. The number of anilines is 1. The summed E-state index contributed by atoms with van der Waals surface area (Å²) in [7, 11) is 0. The lowest BCUT2D eigenvalue weighted by atomic mass is 10.2. The van der Waals surface area contributed by atoms with Crippen molar-refractivity contribution in [1.29, 1.82) is 0 Å². The smallest absolute Gasteiger partial charge is 0.267 e. The van der Waals surface area contributed by atoms with E-state index < -0.39 is 0 Å². The van der Waals surface area contributed by atoms with E-state index in [9.17, 15) is 4.79 Å². The molecule has 26 heavy (non-hydrogen) atoms. The first-order chi connectivity index (χ1) is 12.6. The highest BCUT2D eigenvalue weighted by molar-refractivity contribution is 7.18. The molecule has 1 aromatic carbocycles. The molecule has 3 heterocycles. The highest BCUT2D eigenvalue weighted by Crippen LogP contribution is 2.32. The summed E-state index contributed by atoms with van der Waals surface area (Å²) in [5.41, 5.74) is 1.43. The van der Waals surface area contributed by atoms with Gasteiger partial charge in [0.2, 0.25) is 0 Å². The van der Waals surface area contributed by atoms with Crippen LogP contribution in [0.2, 0.25) is 4.34 Å². The van der Waals surface area contributed by atoms with Gasteiger partial charge in [-0.05, 0) is 43.3 Å². The number of hydrogen-bond donors (Lipinski definition) is 1. The zero-order valence-electron chi connectivity index (χ0n) is 13.6. The van der Waals surface area contributed by atoms with Gasteiger partial charge in [0.25, 0.3) is 5.91 Å². The summed E-state index contributed by atoms with van der Waals surface area (Å²) in [4.78, 5) is 17.2. The van der Waals surface area contributed by atoms with Crippen LogP contribution in [0.4, 0.5) is 5.13 Å². The lowest BCUT2D eigenvalue weighted by molar-refractivity contribution is 0.103. The first kappa shape index (κ1) is 17.1. The average Bonchev–Trinajstić information content (AvgIpc) is 3.33. The molecule has 0 radical (unpaired) electrons. The average molecular weight is 405 g/mol. The molecule has 1 amide bonds. The van der Waals surface area contributed by atoms with E-state index in [1.54, 1.807) is 12.1 Å². The molecule has 0 saturated carbocycles. The lowest BCUT2D eigenvalue weighted by Gasteiger charge is -2.00. The van der Waals surface area contributed by atoms with Gasteiger partial charge in [-0.25, -0.2) is 4.98 Å². The maximum absolute atomic E-state index is 12.2. The number of hydrogen-bond acceptors (Lipinski definition) is 6. The van der Waals surface area contributed by atoms with Crippen LogP contribution in [0.15, 0.2) is 46.2 Å². The number of thiophene rings is 1. The van der Waals surface area contributed by atoms with Crippen LogP contribution in [0.1, 0.15) is 16.6 Å². The molecule has 4 rings (SSSR count). The van der Waals surface area contributed by atoms with E-state index in [0.717, 1.165) is 16.7 Å². The second-order valence-electron chi connectivity index (χ2n) is 5.34. The Bertz CT molecular complexity index is 1080. The van der Waals surface area contributed by atoms with Crippen LogP contribution in [0, 0.1) is 0 Å². The van der Waals surface area contributed by atoms with E-state index in [4.69, 9.17) is 20.8 Å². The Balaban J connectivity index is 1.55. The number of amides is 1. The van der Waals surface area contributed by atoms with Crippen molar-refractivity contribution in [3.05, 3.63) is 51.0 Å². The number of aromatic nitrogens is 1. The van der Waals surface area contributed by atoms with Gasteiger partial charge in [-0.15, -0.1) is 22.7 Å². The van der Waals surface area contributed by atoms with Gasteiger partial charge in [0, 0.05) is 10.8 Å². The van der Waals surface area contributed by atoms with E-state index >= 15 is 0 Å². The molecule has 1 N–H and O–H groups in total. The van der Waals surface area contributed by atoms with Gasteiger partial charge < -0.3 is 9.15 Å². The lowest BCUT2D eigenvalue weighted by Crippen LogP contribution is -2.09. The Morgan fingerprint density at radius 3 is 2.96 bits per heavy atom. The number of nitrogens with one attached hydrogen (secondary N) is 1. The maximum atomic E-state index is 12.2. The Kier molecular flexibility index (Phi) is 4.67. The fourth-order valence-corrected chi connectivity index (χ4v) is 4.08. The third-order valence-corrected chi connectivity index (χ3v) is 5.56. The number of carbonyl (C=O) groups is 1. The standard InChI is InChI=1S/C18H13ClN2O3S2/c1-2-23-11-3-4-13-10(7-11)8-14(24-13)12-9-25-18(20-12)21-17(22)15-5-6-16(19)26-15/h3-9H,2H2,1H3,(H,20,21,22). The number of fused-ring (bicyclic) bond motifs is 1. The normalized spacial score (nSPS) is 11.0. The first-order valence-electron chi connectivity index (χ1n) is 7.81. The van der Waals surface area contributed by atoms with E-state index in [0.29, 0.717) is 32.4 Å². The topological polar surface area (TPSA) is 64.4 Å². The monoisotopic (exact) mass is 404 g/mol. The molecule has 0 aliphatic carbocycles. The quantitative estimate of drug-likeness (QED) is 0.448. The molecule has 8 heteroatoms. The molecule has 3 aromatic heterocycles. The number of rotatable bonds is 5. The third-order valence-electron chi connectivity index (χ3n) is 3.57. The Morgan fingerprint density at radius 1 is 1.31 bits per heavy atom. The second kappa shape index (κ2) is 7.11. The summed E-state index contributed by atoms with van der Waals surface area (Å²) in [5, 5.41) is 6.07. The fourth-order valence-electron chi connectivity index (χ4n) is 2.44. The fraction of sp³-hybridized carbons (Fsp3) is 0.111. The van der Waals surface area contributed by atoms with Gasteiger partial charge in [0.05, 0.1) is 15.8 Å². The summed E-state index contributed by atoms with van der Waals surface area (Å²) in [6.45, 7) is 2.56. The minimum Gasteiger partial charge on any atom is -0.494 e. The third kappa shape index (κ3) is 3.46. The number of furan rings is 1. The first-order valence-corrected chi connectivity index (χ1v) is 9.89. The second-order valence-corrected chi connectivity index (χ2v) is 7.91. The molecule has 0 spiro atoms. The van der Waals surface area contributed by atoms with Gasteiger partial charge in [-0.1, -0.05) is 11.6 Å². The van der Waals surface area contributed by atoms with E-state index in [-0.39, 0.29) is 5.91 Å². The van der Waals surface area contributed by atoms with Gasteiger partial charge in [0.1, 0.15) is 17.0 Å². The van der Waals surface area contributed by atoms with Crippen molar-refractivity contribution in [2.45, 2.75) is 6.92 Å². The Morgan fingerprint density at radius 2 is 2.19 bits per heavy atom. The Labute approximate surface area is 162 Å². The number of thiazole rings is 1. The van der Waals surface area contributed by atoms with Crippen LogP contribution in [-0.4, -0.2) is 17.5 Å². The molecule has 0 aliphatic rings. The summed E-state index contributed by atoms with van der Waals surface area (Å²) in [5.74, 6) is 1.21. The van der Waals surface area contributed by atoms with Gasteiger partial charge in [-0.2, -0.15) is 0 Å². The summed E-state index contributed by atoms with van der Waals surface area (Å²) >= 11 is 8.43. The number of nitrogens with zero attached hydrogens (tertiary/aromatic N) is 1. The predicted octanol–water partition coefficient (Wildman–Crippen LogP) is 5.92. The molecule has 132 valence electrons. The number of ether oxygens (including phenoxy) is 1. The van der Waals surface area contributed by atoms with E-state index in [1.165, 1.54) is 22.7 Å². The minimum absolute atomic E-state index is 0.228. The molecule has 0 aliphatic heterocycles. The molecule has 0 atom stereocenters. The highest BCUT2D eigenvalue weighted by Gasteiger charge is 2.14. The van der Waals surface area contributed by atoms with Crippen molar-refractivity contribution in [3.8, 4) is 17.2 Å². The largest absolute Gasteiger partial charge is 0.494 e. The number of benzene rings is 1. The molecule has 4 aromatic rings. The summed E-state index contributed by atoms with van der Waals surface area (Å²) in [6, 6.07) is 11.0. The number of carbonyl (C=O) groups excluding carboxylic acids is 1. The molecule has 0 saturated heterocycles. The van der Waals surface area contributed by atoms with Gasteiger partial charge in [-0.3, -0.25) is 10.1 Å².